The van der Waals surface area contributed by atoms with Crippen molar-refractivity contribution < 1.29 is 35.3 Å². The Morgan fingerprint density at radius 3 is 1.92 bits per heavy atom. The Morgan fingerprint density at radius 2 is 1.20 bits per heavy atom. The third-order valence-electron chi connectivity index (χ3n) is 12.9. The van der Waals surface area contributed by atoms with Gasteiger partial charge in [0.15, 0.2) is 0 Å². The summed E-state index contributed by atoms with van der Waals surface area (Å²) in [6.07, 6.45) is 6.11. The number of hydrogen-bond acceptors (Lipinski definition) is 2. The summed E-state index contributed by atoms with van der Waals surface area (Å²) in [5.74, 6) is 0.268. The van der Waals surface area contributed by atoms with Crippen molar-refractivity contribution in [1.82, 2.24) is 18.7 Å². The number of imidazole rings is 1. The van der Waals surface area contributed by atoms with E-state index in [1.165, 1.54) is 10.6 Å². The lowest BCUT2D eigenvalue weighted by Crippen LogP contribution is -2.31. The number of benzene rings is 9. The summed E-state index contributed by atoms with van der Waals surface area (Å²) in [6.45, 7) is 3.91. The van der Waals surface area contributed by atoms with Crippen LogP contribution < -0.4 is 9.30 Å². The molecule has 6 nitrogen and oxygen atoms in total. The van der Waals surface area contributed by atoms with Gasteiger partial charge in [0, 0.05) is 40.9 Å². The molecule has 340 valence electrons. The summed E-state index contributed by atoms with van der Waals surface area (Å²) in [5, 5.41) is 1.21. The molecule has 0 amide bonds. The van der Waals surface area contributed by atoms with Gasteiger partial charge in [-0.3, -0.25) is 13.7 Å². The normalized spacial score (nSPS) is 15.7. The van der Waals surface area contributed by atoms with Crippen molar-refractivity contribution in [1.29, 1.82) is 0 Å². The van der Waals surface area contributed by atoms with E-state index < -0.39 is 115 Å². The van der Waals surface area contributed by atoms with Crippen LogP contribution in [0.25, 0.3) is 99.8 Å². The Bertz CT molecular complexity index is 5060. The number of aromatic nitrogens is 5. The number of fused-ring (bicyclic) bond motifs is 7. The predicted molar refractivity (Wildman–Crippen MR) is 291 cm³/mol. The lowest BCUT2D eigenvalue weighted by molar-refractivity contribution is -0.571. The quantitative estimate of drug-likeness (QED) is 0.0958. The van der Waals surface area contributed by atoms with E-state index >= 15 is 0 Å². The minimum atomic E-state index is -0.942. The molecule has 0 N–H and O–H groups in total. The number of hydrogen-bond donors (Lipinski definition) is 0. The first-order valence-corrected chi connectivity index (χ1v) is 23.0. The highest BCUT2D eigenvalue weighted by Gasteiger charge is 2.22. The van der Waals surface area contributed by atoms with Crippen LogP contribution in [0.2, 0.25) is 0 Å². The molecule has 0 atom stereocenters. The topological polar surface area (TPSA) is 40.8 Å². The molecule has 0 saturated carbocycles. The third kappa shape index (κ3) is 7.18. The van der Waals surface area contributed by atoms with Crippen molar-refractivity contribution in [3.63, 3.8) is 0 Å². The maximum Gasteiger partial charge on any atom is 0.269 e. The molecule has 0 bridgehead atoms. The van der Waals surface area contributed by atoms with Gasteiger partial charge in [0.1, 0.15) is 17.3 Å². The van der Waals surface area contributed by atoms with Crippen LogP contribution in [-0.2, 0) is 0 Å². The van der Waals surface area contributed by atoms with Crippen LogP contribution in [0, 0.1) is 6.33 Å². The Hall–Kier alpha value is -9.00. The molecule has 0 aliphatic rings. The first-order chi connectivity index (χ1) is 42.9. The van der Waals surface area contributed by atoms with Crippen molar-refractivity contribution in [3.05, 3.63) is 242 Å². The van der Waals surface area contributed by atoms with Crippen molar-refractivity contribution in [2.24, 2.45) is 0 Å². The van der Waals surface area contributed by atoms with Gasteiger partial charge >= 0.3 is 0 Å². The third-order valence-corrected chi connectivity index (χ3v) is 12.9. The zero-order valence-corrected chi connectivity index (χ0v) is 38.1. The van der Waals surface area contributed by atoms with Gasteiger partial charge < -0.3 is 9.30 Å². The van der Waals surface area contributed by atoms with E-state index in [0.29, 0.717) is 74.4 Å². The van der Waals surface area contributed by atoms with E-state index in [9.17, 15) is 1.37 Å². The second-order valence-corrected chi connectivity index (χ2v) is 16.8. The Balaban J connectivity index is 0.993. The summed E-state index contributed by atoms with van der Waals surface area (Å²) in [4.78, 5) is 4.86. The van der Waals surface area contributed by atoms with E-state index in [-0.39, 0.29) is 49.7 Å². The monoisotopic (exact) mass is 935 g/mol. The van der Waals surface area contributed by atoms with E-state index in [1.54, 1.807) is 82.1 Å². The van der Waals surface area contributed by atoms with E-state index in [4.69, 9.17) is 34.4 Å². The molecule has 0 radical (unpaired) electrons. The molecule has 6 heteroatoms. The second-order valence-electron chi connectivity index (χ2n) is 16.8. The molecule has 0 aliphatic heterocycles. The molecule has 13 rings (SSSR count). The van der Waals surface area contributed by atoms with Gasteiger partial charge in [-0.05, 0) is 119 Å². The summed E-state index contributed by atoms with van der Waals surface area (Å²) in [6, 6.07) is 23.7. The number of pyridine rings is 1. The molecular formula is C65H49N5O. The van der Waals surface area contributed by atoms with Crippen LogP contribution in [0.15, 0.2) is 230 Å². The highest BCUT2D eigenvalue weighted by Crippen LogP contribution is 2.40. The first-order valence-electron chi connectivity index (χ1n) is 32.5. The fourth-order valence-electron chi connectivity index (χ4n) is 9.73. The van der Waals surface area contributed by atoms with Gasteiger partial charge in [0.2, 0.25) is 0 Å². The highest BCUT2D eigenvalue weighted by atomic mass is 16.5. The van der Waals surface area contributed by atoms with Crippen LogP contribution in [0.4, 0.5) is 0 Å². The smallest absolute Gasteiger partial charge is 0.269 e. The summed E-state index contributed by atoms with van der Waals surface area (Å²) >= 11 is 0. The summed E-state index contributed by atoms with van der Waals surface area (Å²) in [7, 11) is 0. The van der Waals surface area contributed by atoms with Gasteiger partial charge in [-0.1, -0.05) is 159 Å². The maximum atomic E-state index is 9.42. The minimum absolute atomic E-state index is 0.0270. The van der Waals surface area contributed by atoms with E-state index in [0.717, 1.165) is 5.56 Å². The standard InChI is InChI=1S/C65H49N5O/c1-3-44(4-2)47-37-38-66-64(39-47)70-60-36-33-49(69-58-29-13-11-25-54(58)55-26-12-14-30-59(55)69)41-57(60)56-35-34-51(42-63(56)70)71-50-24-17-23-48(40-50)67-43-68(62-32-16-15-31-61(62)67)65-52(45-19-7-5-8-20-45)27-18-28-53(65)46-21-9-6-10-22-46/h5-42,44H,3-4H2,1-2H3/i5D,6D,7D,8D,9D,10D,11D,12D,13D,14D,19D,20D,21D,22D,25D,26D,29D,30D,44D. The summed E-state index contributed by atoms with van der Waals surface area (Å²) in [5.41, 5.74) is 3.74. The van der Waals surface area contributed by atoms with Crippen LogP contribution in [0.3, 0.4) is 0 Å². The number of ether oxygens (including phenoxy) is 1. The Kier molecular flexibility index (Phi) is 6.58. The van der Waals surface area contributed by atoms with Crippen molar-refractivity contribution >= 4 is 54.6 Å². The molecule has 0 unspecified atom stereocenters. The molecule has 4 heterocycles. The molecular weight excluding hydrogens is 867 g/mol. The minimum Gasteiger partial charge on any atom is -0.458 e. The Morgan fingerprint density at radius 1 is 0.535 bits per heavy atom. The van der Waals surface area contributed by atoms with Gasteiger partial charge in [0.05, 0.1) is 69.1 Å². The average molecular weight is 935 g/mol. The van der Waals surface area contributed by atoms with Crippen molar-refractivity contribution in [2.75, 3.05) is 0 Å². The SMILES string of the molecule is [2H]c1c([2H])c([2H])c(-c2cccc(-c3c([2H])c([2H])c([2H])c([2H])c3[2H])c2-[n+]2[c-]n(-c3cccc(Oc4ccc5c6cc(-n7c8c([2H])c([2H])c([2H])c([2H])c8c8c([2H])c([2H])c([2H])c([2H])c87)ccc6n(-c6cc(C([2H])(CC)CC)ccn6)c5c4)c3)c3ccccc32)c([2H])c1[2H]. The van der Waals surface area contributed by atoms with Gasteiger partial charge in [-0.15, -0.1) is 0 Å². The van der Waals surface area contributed by atoms with Crippen LogP contribution in [-0.4, -0.2) is 18.7 Å². The first kappa shape index (κ1) is 26.7. The van der Waals surface area contributed by atoms with Gasteiger partial charge in [-0.2, -0.15) is 0 Å². The summed E-state index contributed by atoms with van der Waals surface area (Å²) < 4.78 is 181. The van der Waals surface area contributed by atoms with Gasteiger partial charge in [0.25, 0.3) is 6.33 Å². The molecule has 13 aromatic rings. The van der Waals surface area contributed by atoms with E-state index in [1.807, 2.05) is 60.9 Å². The number of rotatable bonds is 11. The lowest BCUT2D eigenvalue weighted by Gasteiger charge is -2.17. The molecule has 0 fully saturated rings. The largest absolute Gasteiger partial charge is 0.458 e. The molecule has 0 saturated heterocycles. The fourth-order valence-corrected chi connectivity index (χ4v) is 9.73. The molecule has 0 aliphatic carbocycles. The van der Waals surface area contributed by atoms with E-state index in [2.05, 4.69) is 6.33 Å². The van der Waals surface area contributed by atoms with Crippen LogP contribution >= 0.6 is 0 Å². The maximum absolute atomic E-state index is 9.42. The molecule has 9 aromatic carbocycles. The zero-order valence-electron chi connectivity index (χ0n) is 57.1. The van der Waals surface area contributed by atoms with Crippen molar-refractivity contribution in [3.8, 4) is 56.6 Å². The number of para-hydroxylation sites is 5. The van der Waals surface area contributed by atoms with Crippen LogP contribution in [0.1, 0.15) is 64.2 Å². The van der Waals surface area contributed by atoms with Crippen molar-refractivity contribution in [2.45, 2.75) is 32.6 Å². The molecule has 71 heavy (non-hydrogen) atoms. The Labute approximate surface area is 439 Å². The highest BCUT2D eigenvalue weighted by molar-refractivity contribution is 6.12. The number of nitrogens with zero attached hydrogens (tertiary/aromatic N) is 5. The predicted octanol–water partition coefficient (Wildman–Crippen LogP) is 16.3. The van der Waals surface area contributed by atoms with Gasteiger partial charge in [-0.25, -0.2) is 4.98 Å². The lowest BCUT2D eigenvalue weighted by atomic mass is 9.95. The fraction of sp³-hybridized carbons (Fsp3) is 0.0769. The zero-order chi connectivity index (χ0) is 64.0. The molecule has 4 aromatic heterocycles. The molecule has 0 spiro atoms. The average Bonchev–Trinajstić information content (AvgIpc) is 1.55. The second kappa shape index (κ2) is 17.5. The van der Waals surface area contributed by atoms with Crippen LogP contribution in [0.5, 0.6) is 11.5 Å².